The molecule has 0 aliphatic carbocycles. The Morgan fingerprint density at radius 2 is 2.11 bits per heavy atom. The Morgan fingerprint density at radius 1 is 1.33 bits per heavy atom. The lowest BCUT2D eigenvalue weighted by Crippen LogP contribution is -2.11. The van der Waals surface area contributed by atoms with Crippen LogP contribution in [-0.4, -0.2) is 9.55 Å². The topological polar surface area (TPSA) is 61.6 Å². The third kappa shape index (κ3) is 1.28. The summed E-state index contributed by atoms with van der Waals surface area (Å²) in [6.07, 6.45) is 0. The molecule has 3 aromatic rings. The van der Waals surface area contributed by atoms with Crippen LogP contribution in [0.3, 0.4) is 0 Å². The third-order valence-corrected chi connectivity index (χ3v) is 3.21. The maximum atomic E-state index is 11.7. The van der Waals surface area contributed by atoms with E-state index in [4.69, 9.17) is 5.26 Å². The number of aromatic nitrogens is 2. The number of hydrogen-bond acceptors (Lipinski definition) is 2. The van der Waals surface area contributed by atoms with E-state index in [-0.39, 0.29) is 11.1 Å². The number of nitriles is 1. The molecule has 0 radical (unpaired) electrons. The lowest BCUT2D eigenvalue weighted by Gasteiger charge is -2.01. The summed E-state index contributed by atoms with van der Waals surface area (Å²) >= 11 is 0. The van der Waals surface area contributed by atoms with Gasteiger partial charge in [0.1, 0.15) is 17.3 Å². The van der Waals surface area contributed by atoms with E-state index in [1.54, 1.807) is 6.07 Å². The van der Waals surface area contributed by atoms with Crippen molar-refractivity contribution in [3.63, 3.8) is 0 Å². The highest BCUT2D eigenvalue weighted by molar-refractivity contribution is 6.06. The Kier molecular flexibility index (Phi) is 2.20. The fourth-order valence-electron chi connectivity index (χ4n) is 2.41. The largest absolute Gasteiger partial charge is 0.327 e. The second-order valence-electron chi connectivity index (χ2n) is 4.15. The lowest BCUT2D eigenvalue weighted by atomic mass is 10.1. The standard InChI is InChI=1S/C14H11N3O/c1-2-17-12-6-4-3-5-10(12)11-7-9(8-15)14(18)16-13(11)17/h3-7H,2H2,1H3,(H,16,18). The second kappa shape index (κ2) is 3.74. The van der Waals surface area contributed by atoms with Crippen molar-refractivity contribution in [2.75, 3.05) is 0 Å². The van der Waals surface area contributed by atoms with E-state index >= 15 is 0 Å². The predicted molar refractivity (Wildman–Crippen MR) is 70.5 cm³/mol. The van der Waals surface area contributed by atoms with Gasteiger partial charge >= 0.3 is 0 Å². The van der Waals surface area contributed by atoms with Crippen LogP contribution in [0.4, 0.5) is 0 Å². The van der Waals surface area contributed by atoms with Gasteiger partial charge in [0.15, 0.2) is 0 Å². The van der Waals surface area contributed by atoms with Crippen molar-refractivity contribution in [1.29, 1.82) is 5.26 Å². The predicted octanol–water partition coefficient (Wildman–Crippen LogP) is 2.37. The molecule has 2 heterocycles. The van der Waals surface area contributed by atoms with E-state index in [1.807, 2.05) is 41.8 Å². The Morgan fingerprint density at radius 3 is 2.83 bits per heavy atom. The number of benzene rings is 1. The van der Waals surface area contributed by atoms with Crippen LogP contribution in [0.25, 0.3) is 21.9 Å². The molecule has 0 saturated carbocycles. The molecule has 0 spiro atoms. The van der Waals surface area contributed by atoms with Gasteiger partial charge in [-0.25, -0.2) is 0 Å². The van der Waals surface area contributed by atoms with E-state index in [9.17, 15) is 4.79 Å². The molecule has 1 aromatic carbocycles. The number of fused-ring (bicyclic) bond motifs is 3. The van der Waals surface area contributed by atoms with Crippen molar-refractivity contribution in [2.24, 2.45) is 0 Å². The van der Waals surface area contributed by atoms with E-state index in [0.29, 0.717) is 0 Å². The van der Waals surface area contributed by atoms with Crippen molar-refractivity contribution in [3.8, 4) is 6.07 Å². The smallest absolute Gasteiger partial charge is 0.267 e. The summed E-state index contributed by atoms with van der Waals surface area (Å²) in [5.74, 6) is 0. The van der Waals surface area contributed by atoms with Crippen LogP contribution < -0.4 is 5.56 Å². The number of rotatable bonds is 1. The zero-order valence-electron chi connectivity index (χ0n) is 9.90. The molecule has 88 valence electrons. The van der Waals surface area contributed by atoms with Crippen molar-refractivity contribution in [3.05, 3.63) is 46.2 Å². The molecular formula is C14H11N3O. The molecular weight excluding hydrogens is 226 g/mol. The van der Waals surface area contributed by atoms with Crippen LogP contribution in [0.1, 0.15) is 12.5 Å². The molecule has 0 unspecified atom stereocenters. The molecule has 0 amide bonds. The van der Waals surface area contributed by atoms with Crippen molar-refractivity contribution in [1.82, 2.24) is 9.55 Å². The summed E-state index contributed by atoms with van der Waals surface area (Å²) in [6, 6.07) is 11.5. The normalized spacial score (nSPS) is 10.9. The maximum Gasteiger partial charge on any atom is 0.267 e. The first-order valence-electron chi connectivity index (χ1n) is 5.80. The Hall–Kier alpha value is -2.54. The number of aryl methyl sites for hydroxylation is 1. The highest BCUT2D eigenvalue weighted by atomic mass is 16.1. The number of pyridine rings is 1. The number of para-hydroxylation sites is 1. The Bertz CT molecular complexity index is 849. The van der Waals surface area contributed by atoms with Gasteiger partial charge in [-0.1, -0.05) is 18.2 Å². The first-order valence-corrected chi connectivity index (χ1v) is 5.80. The highest BCUT2D eigenvalue weighted by Gasteiger charge is 2.11. The molecule has 3 rings (SSSR count). The van der Waals surface area contributed by atoms with Crippen LogP contribution in [0.15, 0.2) is 35.1 Å². The fraction of sp³-hybridized carbons (Fsp3) is 0.143. The average Bonchev–Trinajstić information content (AvgIpc) is 2.70. The Balaban J connectivity index is 2.61. The molecule has 4 heteroatoms. The molecule has 18 heavy (non-hydrogen) atoms. The molecule has 2 aromatic heterocycles. The number of aromatic amines is 1. The monoisotopic (exact) mass is 237 g/mol. The summed E-state index contributed by atoms with van der Waals surface area (Å²) < 4.78 is 2.05. The molecule has 0 fully saturated rings. The first-order chi connectivity index (χ1) is 8.76. The van der Waals surface area contributed by atoms with Crippen molar-refractivity contribution < 1.29 is 0 Å². The number of H-pyrrole nitrogens is 1. The zero-order chi connectivity index (χ0) is 12.7. The van der Waals surface area contributed by atoms with Crippen LogP contribution in [0.2, 0.25) is 0 Å². The summed E-state index contributed by atoms with van der Waals surface area (Å²) in [5.41, 5.74) is 1.67. The molecule has 4 nitrogen and oxygen atoms in total. The van der Waals surface area contributed by atoms with Crippen molar-refractivity contribution in [2.45, 2.75) is 13.5 Å². The summed E-state index contributed by atoms with van der Waals surface area (Å²) in [5, 5.41) is 10.9. The fourth-order valence-corrected chi connectivity index (χ4v) is 2.41. The summed E-state index contributed by atoms with van der Waals surface area (Å²) in [6.45, 7) is 2.80. The zero-order valence-corrected chi connectivity index (χ0v) is 9.90. The second-order valence-corrected chi connectivity index (χ2v) is 4.15. The summed E-state index contributed by atoms with van der Waals surface area (Å²) in [7, 11) is 0. The Labute approximate surface area is 103 Å². The van der Waals surface area contributed by atoms with Crippen LogP contribution >= 0.6 is 0 Å². The molecule has 0 aliphatic heterocycles. The van der Waals surface area contributed by atoms with Crippen LogP contribution in [0.5, 0.6) is 0 Å². The minimum atomic E-state index is -0.331. The molecule has 0 saturated heterocycles. The molecule has 0 bridgehead atoms. The quantitative estimate of drug-likeness (QED) is 0.706. The maximum absolute atomic E-state index is 11.7. The van der Waals surface area contributed by atoms with Gasteiger partial charge in [-0.05, 0) is 19.1 Å². The minimum absolute atomic E-state index is 0.154. The number of nitrogens with zero attached hydrogens (tertiary/aromatic N) is 2. The van der Waals surface area contributed by atoms with Gasteiger partial charge in [-0.3, -0.25) is 4.79 Å². The van der Waals surface area contributed by atoms with E-state index < -0.39 is 0 Å². The van der Waals surface area contributed by atoms with Gasteiger partial charge < -0.3 is 9.55 Å². The van der Waals surface area contributed by atoms with Gasteiger partial charge in [0, 0.05) is 17.3 Å². The van der Waals surface area contributed by atoms with Gasteiger partial charge in [-0.15, -0.1) is 0 Å². The lowest BCUT2D eigenvalue weighted by molar-refractivity contribution is 0.814. The minimum Gasteiger partial charge on any atom is -0.327 e. The summed E-state index contributed by atoms with van der Waals surface area (Å²) in [4.78, 5) is 14.5. The SMILES string of the molecule is CCn1c2ccccc2c2cc(C#N)c(=O)[nH]c21. The van der Waals surface area contributed by atoms with Gasteiger partial charge in [-0.2, -0.15) is 5.26 Å². The van der Waals surface area contributed by atoms with Gasteiger partial charge in [0.2, 0.25) is 0 Å². The van der Waals surface area contributed by atoms with E-state index in [2.05, 4.69) is 4.98 Å². The van der Waals surface area contributed by atoms with Gasteiger partial charge in [0.25, 0.3) is 5.56 Å². The number of nitrogens with one attached hydrogen (secondary N) is 1. The molecule has 1 N–H and O–H groups in total. The molecule has 0 aliphatic rings. The van der Waals surface area contributed by atoms with Crippen LogP contribution in [0, 0.1) is 11.3 Å². The molecule has 0 atom stereocenters. The van der Waals surface area contributed by atoms with E-state index in [1.165, 1.54) is 0 Å². The van der Waals surface area contributed by atoms with Crippen LogP contribution in [-0.2, 0) is 6.54 Å². The number of hydrogen-bond donors (Lipinski definition) is 1. The average molecular weight is 237 g/mol. The van der Waals surface area contributed by atoms with Crippen molar-refractivity contribution >= 4 is 21.9 Å². The van der Waals surface area contributed by atoms with Gasteiger partial charge in [0.05, 0.1) is 5.52 Å². The van der Waals surface area contributed by atoms with E-state index in [0.717, 1.165) is 28.5 Å². The first kappa shape index (κ1) is 10.6. The third-order valence-electron chi connectivity index (χ3n) is 3.21. The highest BCUT2D eigenvalue weighted by Crippen LogP contribution is 2.26.